The van der Waals surface area contributed by atoms with Gasteiger partial charge in [0.15, 0.2) is 0 Å². The molecular formula is C20H21FN4O4. The first-order chi connectivity index (χ1) is 14.0. The summed E-state index contributed by atoms with van der Waals surface area (Å²) in [7, 11) is 1.40. The number of methoxy groups -OCH3 is 1. The van der Waals surface area contributed by atoms with E-state index in [9.17, 15) is 4.79 Å². The topological polar surface area (TPSA) is 98.0 Å². The van der Waals surface area contributed by atoms with E-state index in [0.29, 0.717) is 24.4 Å². The maximum atomic E-state index is 15.0. The number of aryl methyl sites for hydroxylation is 1. The lowest BCUT2D eigenvalue weighted by atomic mass is 9.99. The van der Waals surface area contributed by atoms with Crippen molar-refractivity contribution >= 4 is 17.3 Å². The smallest absolute Gasteiger partial charge is 0.409 e. The Morgan fingerprint density at radius 2 is 2.14 bits per heavy atom. The Labute approximate surface area is 166 Å². The number of fused-ring (bicyclic) bond motifs is 1. The van der Waals surface area contributed by atoms with Crippen molar-refractivity contribution in [1.82, 2.24) is 14.4 Å². The number of nitrogens with zero attached hydrogens (tertiary/aromatic N) is 3. The van der Waals surface area contributed by atoms with E-state index in [1.807, 2.05) is 17.5 Å². The van der Waals surface area contributed by atoms with Gasteiger partial charge in [0.1, 0.15) is 23.1 Å². The van der Waals surface area contributed by atoms with Crippen LogP contribution in [0, 0.1) is 12.7 Å². The van der Waals surface area contributed by atoms with Crippen LogP contribution in [-0.4, -0.2) is 45.9 Å². The number of amides is 1. The number of ether oxygens (including phenoxy) is 2. The summed E-state index contributed by atoms with van der Waals surface area (Å²) in [6, 6.07) is 2.57. The largest absolute Gasteiger partial charge is 0.495 e. The summed E-state index contributed by atoms with van der Waals surface area (Å²) < 4.78 is 27.7. The van der Waals surface area contributed by atoms with Gasteiger partial charge in [-0.1, -0.05) is 0 Å². The van der Waals surface area contributed by atoms with Crippen LogP contribution in [0.1, 0.15) is 30.3 Å². The Balaban J connectivity index is 1.91. The molecule has 2 aromatic heterocycles. The minimum atomic E-state index is -1.30. The summed E-state index contributed by atoms with van der Waals surface area (Å²) in [6.07, 6.45) is 3.91. The minimum absolute atomic E-state index is 0.0317. The quantitative estimate of drug-likeness (QED) is 0.691. The molecule has 0 saturated carbocycles. The summed E-state index contributed by atoms with van der Waals surface area (Å²) in [4.78, 5) is 20.1. The maximum Gasteiger partial charge on any atom is 0.409 e. The molecule has 0 bridgehead atoms. The fraction of sp³-hybridized carbons (Fsp3) is 0.350. The monoisotopic (exact) mass is 400 g/mol. The first-order valence-corrected chi connectivity index (χ1v) is 9.28. The predicted molar refractivity (Wildman–Crippen MR) is 104 cm³/mol. The summed E-state index contributed by atoms with van der Waals surface area (Å²) in [5.41, 5.74) is 2.15. The van der Waals surface area contributed by atoms with Gasteiger partial charge in [-0.3, -0.25) is 14.7 Å². The number of rotatable bonds is 4. The van der Waals surface area contributed by atoms with E-state index in [2.05, 4.69) is 10.3 Å². The number of hydrogen-bond acceptors (Lipinski definition) is 5. The predicted octanol–water partition coefficient (Wildman–Crippen LogP) is 3.84. The third-order valence-corrected chi connectivity index (χ3v) is 5.14. The van der Waals surface area contributed by atoms with E-state index < -0.39 is 11.9 Å². The Hall–Kier alpha value is -3.20. The zero-order valence-corrected chi connectivity index (χ0v) is 16.1. The van der Waals surface area contributed by atoms with Crippen molar-refractivity contribution in [2.24, 2.45) is 0 Å². The molecule has 1 saturated heterocycles. The van der Waals surface area contributed by atoms with Gasteiger partial charge < -0.3 is 14.6 Å². The second-order valence-electron chi connectivity index (χ2n) is 6.90. The number of hydrogen-bond donors (Lipinski definition) is 2. The van der Waals surface area contributed by atoms with Crippen LogP contribution in [0.15, 0.2) is 24.5 Å². The molecule has 9 heteroatoms. The van der Waals surface area contributed by atoms with Crippen LogP contribution in [0.25, 0.3) is 16.8 Å². The molecule has 0 unspecified atom stereocenters. The normalized spacial score (nSPS) is 14.9. The summed E-state index contributed by atoms with van der Waals surface area (Å²) >= 11 is 0. The lowest BCUT2D eigenvalue weighted by Gasteiger charge is -2.20. The van der Waals surface area contributed by atoms with Crippen molar-refractivity contribution in [3.05, 3.63) is 41.9 Å². The molecule has 4 rings (SSSR count). The van der Waals surface area contributed by atoms with Crippen LogP contribution in [0.4, 0.5) is 14.9 Å². The summed E-state index contributed by atoms with van der Waals surface area (Å²) in [5, 5.41) is 11.1. The molecule has 0 atom stereocenters. The van der Waals surface area contributed by atoms with Crippen LogP contribution in [0.2, 0.25) is 0 Å². The SMILES string of the molecule is COc1cc(-c2nc(C3CCOCC3)n3ccnc(C)c23)c(F)cc1NC(=O)O. The highest BCUT2D eigenvalue weighted by atomic mass is 19.1. The molecule has 3 heterocycles. The van der Waals surface area contributed by atoms with Gasteiger partial charge in [0.25, 0.3) is 0 Å². The zero-order valence-electron chi connectivity index (χ0n) is 16.1. The van der Waals surface area contributed by atoms with Crippen molar-refractivity contribution in [3.8, 4) is 17.0 Å². The number of carboxylic acid groups (broad SMARTS) is 1. The van der Waals surface area contributed by atoms with Crippen molar-refractivity contribution in [1.29, 1.82) is 0 Å². The highest BCUT2D eigenvalue weighted by Crippen LogP contribution is 2.38. The Bertz CT molecular complexity index is 1080. The highest BCUT2D eigenvalue weighted by molar-refractivity contribution is 5.88. The number of halogens is 1. The van der Waals surface area contributed by atoms with E-state index >= 15 is 4.39 Å². The average Bonchev–Trinajstić information content (AvgIpc) is 3.09. The maximum absolute atomic E-state index is 15.0. The number of imidazole rings is 1. The number of aromatic nitrogens is 3. The Morgan fingerprint density at radius 3 is 2.83 bits per heavy atom. The average molecular weight is 400 g/mol. The third kappa shape index (κ3) is 3.49. The van der Waals surface area contributed by atoms with Gasteiger partial charge >= 0.3 is 6.09 Å². The molecule has 1 aromatic carbocycles. The molecule has 152 valence electrons. The van der Waals surface area contributed by atoms with E-state index in [4.69, 9.17) is 19.6 Å². The van der Waals surface area contributed by atoms with Crippen LogP contribution in [0.5, 0.6) is 5.75 Å². The van der Waals surface area contributed by atoms with Gasteiger partial charge in [0.05, 0.1) is 24.0 Å². The molecule has 0 spiro atoms. The third-order valence-electron chi connectivity index (χ3n) is 5.14. The number of benzene rings is 1. The molecule has 0 radical (unpaired) electrons. The number of nitrogens with one attached hydrogen (secondary N) is 1. The molecule has 1 amide bonds. The molecular weight excluding hydrogens is 379 g/mol. The Morgan fingerprint density at radius 1 is 1.38 bits per heavy atom. The molecule has 1 aliphatic rings. The van der Waals surface area contributed by atoms with Gasteiger partial charge in [-0.15, -0.1) is 0 Å². The van der Waals surface area contributed by atoms with Gasteiger partial charge in [0, 0.05) is 43.2 Å². The lowest BCUT2D eigenvalue weighted by Crippen LogP contribution is -2.16. The van der Waals surface area contributed by atoms with Gasteiger partial charge in [0.2, 0.25) is 0 Å². The summed E-state index contributed by atoms with van der Waals surface area (Å²) in [5.74, 6) is 0.648. The van der Waals surface area contributed by atoms with Crippen LogP contribution in [-0.2, 0) is 4.74 Å². The Kier molecular flexibility index (Phi) is 5.06. The molecule has 1 aliphatic heterocycles. The van der Waals surface area contributed by atoms with Gasteiger partial charge in [-0.2, -0.15) is 0 Å². The van der Waals surface area contributed by atoms with E-state index in [0.717, 1.165) is 30.4 Å². The number of carbonyl (C=O) groups is 1. The van der Waals surface area contributed by atoms with E-state index in [1.165, 1.54) is 13.2 Å². The van der Waals surface area contributed by atoms with E-state index in [1.54, 1.807) is 6.20 Å². The van der Waals surface area contributed by atoms with Gasteiger partial charge in [-0.05, 0) is 25.8 Å². The fourth-order valence-electron chi connectivity index (χ4n) is 3.77. The zero-order chi connectivity index (χ0) is 20.5. The highest BCUT2D eigenvalue weighted by Gasteiger charge is 2.26. The molecule has 29 heavy (non-hydrogen) atoms. The molecule has 2 N–H and O–H groups in total. The molecule has 0 aliphatic carbocycles. The van der Waals surface area contributed by atoms with Gasteiger partial charge in [-0.25, -0.2) is 14.2 Å². The first-order valence-electron chi connectivity index (χ1n) is 9.28. The molecule has 3 aromatic rings. The second-order valence-corrected chi connectivity index (χ2v) is 6.90. The number of anilines is 1. The van der Waals surface area contributed by atoms with Crippen molar-refractivity contribution in [2.45, 2.75) is 25.7 Å². The molecule has 8 nitrogen and oxygen atoms in total. The second kappa shape index (κ2) is 7.67. The first kappa shape index (κ1) is 19.1. The minimum Gasteiger partial charge on any atom is -0.495 e. The van der Waals surface area contributed by atoms with Crippen molar-refractivity contribution < 1.29 is 23.8 Å². The van der Waals surface area contributed by atoms with Crippen LogP contribution >= 0.6 is 0 Å². The van der Waals surface area contributed by atoms with Crippen molar-refractivity contribution in [3.63, 3.8) is 0 Å². The van der Waals surface area contributed by atoms with Crippen molar-refractivity contribution in [2.75, 3.05) is 25.6 Å². The summed E-state index contributed by atoms with van der Waals surface area (Å²) in [6.45, 7) is 3.18. The standard InChI is InChI=1S/C20H21FN4O4/c1-11-18-17(13-9-16(28-2)15(10-14(13)21)23-20(26)27)24-19(25(18)6-5-22-11)12-3-7-29-8-4-12/h5-6,9-10,12,23H,3-4,7-8H2,1-2H3,(H,26,27). The fourth-order valence-corrected chi connectivity index (χ4v) is 3.77. The van der Waals surface area contributed by atoms with Crippen LogP contribution in [0.3, 0.4) is 0 Å². The van der Waals surface area contributed by atoms with E-state index in [-0.39, 0.29) is 22.9 Å². The van der Waals surface area contributed by atoms with Crippen LogP contribution < -0.4 is 10.1 Å². The molecule has 1 fully saturated rings. The lowest BCUT2D eigenvalue weighted by molar-refractivity contribution is 0.0835.